The second kappa shape index (κ2) is 8.48. The summed E-state index contributed by atoms with van der Waals surface area (Å²) >= 11 is 0. The van der Waals surface area contributed by atoms with Gasteiger partial charge in [0.1, 0.15) is 11.5 Å². The normalized spacial score (nSPS) is 10.5. The van der Waals surface area contributed by atoms with Crippen LogP contribution in [0.1, 0.15) is 10.4 Å². The smallest absolute Gasteiger partial charge is 0.256 e. The number of hydrogen-bond acceptors (Lipinski definition) is 6. The lowest BCUT2D eigenvalue weighted by Crippen LogP contribution is -2.12. The fraction of sp³-hybridized carbons (Fsp3) is 0.0870. The molecule has 7 heteroatoms. The standard InChI is InChI=1S/C23H20N4O3/c1-24-23-25-12-11-21(27-23)30-18-9-10-19-15(13-18)5-3-8-20(19)22(28)26-16-6-4-7-17(14-16)29-2/h3-14H,1-2H3,(H,26,28)(H,24,25,27). The molecule has 4 rings (SSSR count). The Hall–Kier alpha value is -4.13. The monoisotopic (exact) mass is 400 g/mol. The van der Waals surface area contributed by atoms with E-state index >= 15 is 0 Å². The van der Waals surface area contributed by atoms with Gasteiger partial charge >= 0.3 is 0 Å². The van der Waals surface area contributed by atoms with Gasteiger partial charge in [-0.05, 0) is 47.2 Å². The van der Waals surface area contributed by atoms with Crippen LogP contribution >= 0.6 is 0 Å². The molecule has 0 saturated carbocycles. The van der Waals surface area contributed by atoms with Crippen LogP contribution in [0.15, 0.2) is 72.9 Å². The number of carbonyl (C=O) groups is 1. The number of nitrogens with zero attached hydrogens (tertiary/aromatic N) is 2. The zero-order chi connectivity index (χ0) is 20.9. The molecule has 0 unspecified atom stereocenters. The maximum absolute atomic E-state index is 12.9. The number of amides is 1. The molecule has 4 aromatic rings. The van der Waals surface area contributed by atoms with Gasteiger partial charge in [-0.3, -0.25) is 4.79 Å². The molecule has 0 bridgehead atoms. The summed E-state index contributed by atoms with van der Waals surface area (Å²) in [5.74, 6) is 2.01. The van der Waals surface area contributed by atoms with Crippen molar-refractivity contribution in [3.63, 3.8) is 0 Å². The van der Waals surface area contributed by atoms with Crippen molar-refractivity contribution in [2.24, 2.45) is 0 Å². The van der Waals surface area contributed by atoms with Crippen molar-refractivity contribution in [3.8, 4) is 17.4 Å². The molecule has 0 saturated heterocycles. The summed E-state index contributed by atoms with van der Waals surface area (Å²) in [4.78, 5) is 21.2. The van der Waals surface area contributed by atoms with E-state index in [2.05, 4.69) is 20.6 Å². The summed E-state index contributed by atoms with van der Waals surface area (Å²) in [6, 6.07) is 20.1. The fourth-order valence-corrected chi connectivity index (χ4v) is 3.06. The van der Waals surface area contributed by atoms with Gasteiger partial charge in [0, 0.05) is 36.6 Å². The molecule has 0 radical (unpaired) electrons. The lowest BCUT2D eigenvalue weighted by atomic mass is 10.0. The minimum atomic E-state index is -0.197. The molecule has 150 valence electrons. The van der Waals surface area contributed by atoms with Crippen LogP contribution in [0.3, 0.4) is 0 Å². The molecule has 0 aliphatic rings. The van der Waals surface area contributed by atoms with E-state index in [1.807, 2.05) is 48.5 Å². The van der Waals surface area contributed by atoms with E-state index in [-0.39, 0.29) is 5.91 Å². The van der Waals surface area contributed by atoms with Gasteiger partial charge in [0.15, 0.2) is 0 Å². The van der Waals surface area contributed by atoms with Gasteiger partial charge in [0.25, 0.3) is 5.91 Å². The van der Waals surface area contributed by atoms with Crippen LogP contribution in [0.5, 0.6) is 17.4 Å². The number of fused-ring (bicyclic) bond motifs is 1. The average molecular weight is 400 g/mol. The lowest BCUT2D eigenvalue weighted by molar-refractivity contribution is 0.102. The minimum absolute atomic E-state index is 0.197. The van der Waals surface area contributed by atoms with Crippen molar-refractivity contribution in [2.75, 3.05) is 24.8 Å². The summed E-state index contributed by atoms with van der Waals surface area (Å²) < 4.78 is 11.1. The molecule has 1 amide bonds. The Morgan fingerprint density at radius 2 is 1.83 bits per heavy atom. The van der Waals surface area contributed by atoms with Crippen molar-refractivity contribution in [3.05, 3.63) is 78.5 Å². The molecule has 30 heavy (non-hydrogen) atoms. The summed E-state index contributed by atoms with van der Waals surface area (Å²) in [5.41, 5.74) is 1.24. The number of aromatic nitrogens is 2. The molecule has 3 aromatic carbocycles. The van der Waals surface area contributed by atoms with Gasteiger partial charge in [-0.15, -0.1) is 0 Å². The van der Waals surface area contributed by atoms with Crippen molar-refractivity contribution in [1.82, 2.24) is 9.97 Å². The average Bonchev–Trinajstić information content (AvgIpc) is 2.78. The Morgan fingerprint density at radius 1 is 0.967 bits per heavy atom. The Bertz CT molecular complexity index is 1210. The van der Waals surface area contributed by atoms with Crippen LogP contribution in [-0.4, -0.2) is 30.0 Å². The van der Waals surface area contributed by atoms with Gasteiger partial charge in [0.05, 0.1) is 7.11 Å². The van der Waals surface area contributed by atoms with Crippen molar-refractivity contribution >= 4 is 28.3 Å². The molecular formula is C23H20N4O3. The minimum Gasteiger partial charge on any atom is -0.497 e. The highest BCUT2D eigenvalue weighted by molar-refractivity contribution is 6.13. The van der Waals surface area contributed by atoms with Crippen LogP contribution in [0.4, 0.5) is 11.6 Å². The number of anilines is 2. The van der Waals surface area contributed by atoms with E-state index in [1.54, 1.807) is 38.6 Å². The predicted octanol–water partition coefficient (Wildman–Crippen LogP) is 4.72. The first-order chi connectivity index (χ1) is 14.7. The Balaban J connectivity index is 1.59. The summed E-state index contributed by atoms with van der Waals surface area (Å²) in [6.07, 6.45) is 1.62. The number of benzene rings is 3. The number of carbonyl (C=O) groups excluding carboxylic acids is 1. The number of hydrogen-bond donors (Lipinski definition) is 2. The highest BCUT2D eigenvalue weighted by atomic mass is 16.5. The Kier molecular flexibility index (Phi) is 5.43. The molecule has 7 nitrogen and oxygen atoms in total. The molecule has 1 heterocycles. The van der Waals surface area contributed by atoms with E-state index in [9.17, 15) is 4.79 Å². The van der Waals surface area contributed by atoms with Crippen LogP contribution in [-0.2, 0) is 0 Å². The second-order valence-corrected chi connectivity index (χ2v) is 6.45. The summed E-state index contributed by atoms with van der Waals surface area (Å²) in [7, 11) is 3.33. The first-order valence-corrected chi connectivity index (χ1v) is 9.33. The Morgan fingerprint density at radius 3 is 2.67 bits per heavy atom. The first kappa shape index (κ1) is 19.2. The molecule has 0 aliphatic heterocycles. The number of nitrogens with one attached hydrogen (secondary N) is 2. The van der Waals surface area contributed by atoms with Gasteiger partial charge in [-0.1, -0.05) is 18.2 Å². The summed E-state index contributed by atoms with van der Waals surface area (Å²) in [6.45, 7) is 0. The first-order valence-electron chi connectivity index (χ1n) is 9.33. The number of rotatable bonds is 6. The second-order valence-electron chi connectivity index (χ2n) is 6.45. The van der Waals surface area contributed by atoms with Crippen LogP contribution in [0.25, 0.3) is 10.8 Å². The van der Waals surface area contributed by atoms with E-state index in [0.29, 0.717) is 34.6 Å². The van der Waals surface area contributed by atoms with Crippen LogP contribution < -0.4 is 20.1 Å². The Labute approximate surface area is 173 Å². The highest BCUT2D eigenvalue weighted by Crippen LogP contribution is 2.28. The predicted molar refractivity (Wildman–Crippen MR) is 117 cm³/mol. The van der Waals surface area contributed by atoms with E-state index < -0.39 is 0 Å². The zero-order valence-electron chi connectivity index (χ0n) is 16.5. The van der Waals surface area contributed by atoms with E-state index in [0.717, 1.165) is 10.8 Å². The van der Waals surface area contributed by atoms with Crippen LogP contribution in [0.2, 0.25) is 0 Å². The maximum Gasteiger partial charge on any atom is 0.256 e. The molecule has 1 aromatic heterocycles. The van der Waals surface area contributed by atoms with Gasteiger partial charge in [-0.25, -0.2) is 4.98 Å². The van der Waals surface area contributed by atoms with Gasteiger partial charge < -0.3 is 20.1 Å². The number of methoxy groups -OCH3 is 1. The molecular weight excluding hydrogens is 380 g/mol. The third-order valence-electron chi connectivity index (χ3n) is 4.50. The maximum atomic E-state index is 12.9. The van der Waals surface area contributed by atoms with Crippen molar-refractivity contribution in [2.45, 2.75) is 0 Å². The third-order valence-corrected chi connectivity index (χ3v) is 4.50. The molecule has 0 fully saturated rings. The quantitative estimate of drug-likeness (QED) is 0.487. The number of ether oxygens (including phenoxy) is 2. The zero-order valence-corrected chi connectivity index (χ0v) is 16.5. The van der Waals surface area contributed by atoms with E-state index in [4.69, 9.17) is 9.47 Å². The highest BCUT2D eigenvalue weighted by Gasteiger charge is 2.12. The molecule has 0 atom stereocenters. The van der Waals surface area contributed by atoms with Crippen molar-refractivity contribution in [1.29, 1.82) is 0 Å². The lowest BCUT2D eigenvalue weighted by Gasteiger charge is -2.11. The largest absolute Gasteiger partial charge is 0.497 e. The van der Waals surface area contributed by atoms with E-state index in [1.165, 1.54) is 0 Å². The molecule has 2 N–H and O–H groups in total. The van der Waals surface area contributed by atoms with Gasteiger partial charge in [-0.2, -0.15) is 4.98 Å². The fourth-order valence-electron chi connectivity index (χ4n) is 3.06. The van der Waals surface area contributed by atoms with Crippen molar-refractivity contribution < 1.29 is 14.3 Å². The SMILES string of the molecule is CNc1nccc(Oc2ccc3c(C(=O)Nc4cccc(OC)c4)cccc3c2)n1. The molecule has 0 spiro atoms. The third kappa shape index (κ3) is 4.15. The summed E-state index contributed by atoms with van der Waals surface area (Å²) in [5, 5.41) is 7.50. The van der Waals surface area contributed by atoms with Gasteiger partial charge in [0.2, 0.25) is 11.8 Å². The topological polar surface area (TPSA) is 85.4 Å². The molecule has 0 aliphatic carbocycles. The van der Waals surface area contributed by atoms with Crippen LogP contribution in [0, 0.1) is 0 Å².